The zero-order chi connectivity index (χ0) is 17.6. The summed E-state index contributed by atoms with van der Waals surface area (Å²) in [5, 5.41) is 5.48. The van der Waals surface area contributed by atoms with Gasteiger partial charge in [0.05, 0.1) is 6.67 Å². The Balaban J connectivity index is 3.48. The normalized spacial score (nSPS) is 11.3. The highest BCUT2D eigenvalue weighted by Gasteiger charge is 2.19. The molecule has 0 saturated heterocycles. The number of carbonyl (C=O) groups excluding carboxylic acids is 2. The van der Waals surface area contributed by atoms with Crippen molar-refractivity contribution < 1.29 is 14.0 Å². The van der Waals surface area contributed by atoms with E-state index >= 15 is 0 Å². The monoisotopic (exact) mass is 344 g/mol. The summed E-state index contributed by atoms with van der Waals surface area (Å²) < 4.78 is 5.50. The van der Waals surface area contributed by atoms with E-state index < -0.39 is 8.32 Å². The molecule has 0 aromatic rings. The minimum Gasteiger partial charge on any atom is -0.420 e. The van der Waals surface area contributed by atoms with Crippen LogP contribution in [0.4, 0.5) is 0 Å². The molecule has 2 amide bonds. The molecule has 0 atom stereocenters. The van der Waals surface area contributed by atoms with E-state index in [-0.39, 0.29) is 18.5 Å². The molecule has 6 heteroatoms. The molecule has 0 fully saturated rings. The molecule has 0 aromatic carbocycles. The molecule has 0 radical (unpaired) electrons. The molecule has 2 N–H and O–H groups in total. The van der Waals surface area contributed by atoms with Crippen molar-refractivity contribution in [3.63, 3.8) is 0 Å². The van der Waals surface area contributed by atoms with E-state index in [0.29, 0.717) is 12.8 Å². The van der Waals surface area contributed by atoms with Crippen molar-refractivity contribution in [2.75, 3.05) is 13.8 Å². The van der Waals surface area contributed by atoms with Crippen LogP contribution in [0.5, 0.6) is 0 Å². The molecule has 0 aliphatic carbocycles. The van der Waals surface area contributed by atoms with E-state index in [2.05, 4.69) is 30.7 Å². The second-order valence-corrected chi connectivity index (χ2v) is 11.1. The molecule has 136 valence electrons. The van der Waals surface area contributed by atoms with Gasteiger partial charge < -0.3 is 15.1 Å². The number of unbranched alkanes of at least 4 members (excludes halogenated alkanes) is 5. The lowest BCUT2D eigenvalue weighted by Gasteiger charge is -2.19. The molecule has 0 rings (SSSR count). The van der Waals surface area contributed by atoms with Crippen LogP contribution >= 0.6 is 0 Å². The van der Waals surface area contributed by atoms with Crippen molar-refractivity contribution >= 4 is 20.1 Å². The van der Waals surface area contributed by atoms with Crippen LogP contribution in [0.3, 0.4) is 0 Å². The summed E-state index contributed by atoms with van der Waals surface area (Å²) in [6.07, 6.45) is 8.51. The Labute approximate surface area is 143 Å². The average molecular weight is 345 g/mol. The Morgan fingerprint density at radius 1 is 0.870 bits per heavy atom. The number of hydrogen-bond donors (Lipinski definition) is 2. The summed E-state index contributed by atoms with van der Waals surface area (Å²) in [5.74, 6) is 0.0349. The SMILES string of the molecule is CCCCCCC(=O)NCNC(=O)CCCCC[Si](C)(C)OC. The van der Waals surface area contributed by atoms with Crippen LogP contribution in [0.2, 0.25) is 19.1 Å². The largest absolute Gasteiger partial charge is 0.420 e. The Morgan fingerprint density at radius 3 is 1.87 bits per heavy atom. The fourth-order valence-electron chi connectivity index (χ4n) is 2.25. The smallest absolute Gasteiger partial charge is 0.221 e. The maximum absolute atomic E-state index is 11.7. The van der Waals surface area contributed by atoms with Crippen molar-refractivity contribution in [2.24, 2.45) is 0 Å². The van der Waals surface area contributed by atoms with E-state index in [4.69, 9.17) is 4.43 Å². The van der Waals surface area contributed by atoms with E-state index in [1.165, 1.54) is 12.8 Å². The van der Waals surface area contributed by atoms with Gasteiger partial charge in [0.2, 0.25) is 11.8 Å². The molecule has 0 spiro atoms. The first-order valence-electron chi connectivity index (χ1n) is 9.00. The van der Waals surface area contributed by atoms with Gasteiger partial charge in [-0.2, -0.15) is 0 Å². The Kier molecular flexibility index (Phi) is 13.0. The molecule has 0 aromatic heterocycles. The maximum Gasteiger partial charge on any atom is 0.221 e. The molecular formula is C17H36N2O3Si. The molecule has 23 heavy (non-hydrogen) atoms. The number of amides is 2. The van der Waals surface area contributed by atoms with Gasteiger partial charge in [-0.05, 0) is 32.0 Å². The predicted molar refractivity (Wildman–Crippen MR) is 97.7 cm³/mol. The van der Waals surface area contributed by atoms with Crippen LogP contribution in [0, 0.1) is 0 Å². The maximum atomic E-state index is 11.7. The topological polar surface area (TPSA) is 67.4 Å². The second kappa shape index (κ2) is 13.5. The lowest BCUT2D eigenvalue weighted by molar-refractivity contribution is -0.123. The third kappa shape index (κ3) is 14.4. The standard InChI is InChI=1S/C17H36N2O3Si/c1-5-6-7-9-12-16(20)18-15-19-17(21)13-10-8-11-14-23(3,4)22-2/h5-15H2,1-4H3,(H,18,20)(H,19,21). The van der Waals surface area contributed by atoms with Crippen LogP contribution in [0.15, 0.2) is 0 Å². The fourth-order valence-corrected chi connectivity index (χ4v) is 3.55. The van der Waals surface area contributed by atoms with Crippen molar-refractivity contribution in [3.8, 4) is 0 Å². The quantitative estimate of drug-likeness (QED) is 0.288. The first-order valence-corrected chi connectivity index (χ1v) is 12.1. The van der Waals surface area contributed by atoms with Crippen molar-refractivity contribution in [3.05, 3.63) is 0 Å². The summed E-state index contributed by atoms with van der Waals surface area (Å²) in [6.45, 7) is 6.82. The van der Waals surface area contributed by atoms with E-state index in [1.54, 1.807) is 7.11 Å². The molecule has 0 unspecified atom stereocenters. The van der Waals surface area contributed by atoms with Gasteiger partial charge in [0, 0.05) is 20.0 Å². The van der Waals surface area contributed by atoms with Crippen LogP contribution in [-0.4, -0.2) is 33.9 Å². The van der Waals surface area contributed by atoms with Gasteiger partial charge in [-0.3, -0.25) is 9.59 Å². The highest BCUT2D eigenvalue weighted by atomic mass is 28.4. The highest BCUT2D eigenvalue weighted by Crippen LogP contribution is 2.15. The van der Waals surface area contributed by atoms with Gasteiger partial charge in [0.15, 0.2) is 8.32 Å². The predicted octanol–water partition coefficient (Wildman–Crippen LogP) is 3.56. The summed E-state index contributed by atoms with van der Waals surface area (Å²) >= 11 is 0. The van der Waals surface area contributed by atoms with Crippen LogP contribution in [0.1, 0.15) is 64.7 Å². The molecule has 0 aliphatic rings. The number of hydrogen-bond acceptors (Lipinski definition) is 3. The Hall–Kier alpha value is -0.883. The lowest BCUT2D eigenvalue weighted by Crippen LogP contribution is -2.37. The molecule has 5 nitrogen and oxygen atoms in total. The lowest BCUT2D eigenvalue weighted by atomic mass is 10.1. The van der Waals surface area contributed by atoms with Gasteiger partial charge in [-0.15, -0.1) is 0 Å². The van der Waals surface area contributed by atoms with E-state index in [9.17, 15) is 9.59 Å². The van der Waals surface area contributed by atoms with Gasteiger partial charge >= 0.3 is 0 Å². The fraction of sp³-hybridized carbons (Fsp3) is 0.882. The first-order chi connectivity index (χ1) is 10.9. The third-order valence-corrected chi connectivity index (χ3v) is 6.73. The summed E-state index contributed by atoms with van der Waals surface area (Å²) in [6, 6.07) is 1.14. The van der Waals surface area contributed by atoms with Crippen LogP contribution in [-0.2, 0) is 14.0 Å². The molecule has 0 heterocycles. The van der Waals surface area contributed by atoms with Crippen LogP contribution < -0.4 is 10.6 Å². The van der Waals surface area contributed by atoms with Crippen molar-refractivity contribution in [1.29, 1.82) is 0 Å². The number of carbonyl (C=O) groups is 2. The van der Waals surface area contributed by atoms with Crippen molar-refractivity contribution in [2.45, 2.75) is 83.8 Å². The van der Waals surface area contributed by atoms with Gasteiger partial charge in [-0.1, -0.05) is 39.0 Å². The molecule has 0 aliphatic heterocycles. The van der Waals surface area contributed by atoms with Crippen LogP contribution in [0.25, 0.3) is 0 Å². The van der Waals surface area contributed by atoms with Gasteiger partial charge in [0.1, 0.15) is 0 Å². The summed E-state index contributed by atoms with van der Waals surface area (Å²) in [5.41, 5.74) is 0. The van der Waals surface area contributed by atoms with Crippen molar-refractivity contribution in [1.82, 2.24) is 10.6 Å². The zero-order valence-electron chi connectivity index (χ0n) is 15.5. The average Bonchev–Trinajstić information content (AvgIpc) is 2.51. The molecule has 0 saturated carbocycles. The third-order valence-electron chi connectivity index (χ3n) is 4.06. The minimum absolute atomic E-state index is 0.0135. The molecular weight excluding hydrogens is 308 g/mol. The minimum atomic E-state index is -1.45. The van der Waals surface area contributed by atoms with E-state index in [0.717, 1.165) is 38.1 Å². The number of nitrogens with one attached hydrogen (secondary N) is 2. The molecule has 0 bridgehead atoms. The van der Waals surface area contributed by atoms with E-state index in [1.807, 2.05) is 0 Å². The van der Waals surface area contributed by atoms with Gasteiger partial charge in [-0.25, -0.2) is 0 Å². The van der Waals surface area contributed by atoms with Gasteiger partial charge in [0.25, 0.3) is 0 Å². The highest BCUT2D eigenvalue weighted by molar-refractivity contribution is 6.71. The summed E-state index contributed by atoms with van der Waals surface area (Å²) in [7, 11) is 0.337. The first kappa shape index (κ1) is 22.1. The second-order valence-electron chi connectivity index (χ2n) is 6.71. The summed E-state index contributed by atoms with van der Waals surface area (Å²) in [4.78, 5) is 23.2. The Morgan fingerprint density at radius 2 is 1.39 bits per heavy atom. The zero-order valence-corrected chi connectivity index (χ0v) is 16.5. The number of rotatable bonds is 14. The Bertz CT molecular complexity index is 336.